The lowest BCUT2D eigenvalue weighted by Gasteiger charge is -2.11. The number of carbonyl (C=O) groups is 1. The summed E-state index contributed by atoms with van der Waals surface area (Å²) in [4.78, 5) is 16.9. The molecule has 0 unspecified atom stereocenters. The first-order valence-electron chi connectivity index (χ1n) is 8.36. The molecule has 25 heavy (non-hydrogen) atoms. The first-order valence-corrected chi connectivity index (χ1v) is 8.36. The summed E-state index contributed by atoms with van der Waals surface area (Å²) in [6, 6.07) is 10.6. The molecule has 1 aromatic carbocycles. The molecule has 6 nitrogen and oxygen atoms in total. The van der Waals surface area contributed by atoms with Gasteiger partial charge in [-0.2, -0.15) is 4.73 Å². The van der Waals surface area contributed by atoms with E-state index in [4.69, 9.17) is 4.98 Å². The molecule has 3 aromatic rings. The van der Waals surface area contributed by atoms with Gasteiger partial charge in [0.25, 0.3) is 5.91 Å². The molecule has 6 heteroatoms. The Morgan fingerprint density at radius 3 is 2.60 bits per heavy atom. The molecular formula is C19H18N4O2. The molecule has 0 radical (unpaired) electrons. The number of aryl methyl sites for hydroxylation is 2. The lowest BCUT2D eigenvalue weighted by molar-refractivity contribution is -0.605. The zero-order chi connectivity index (χ0) is 17.2. The van der Waals surface area contributed by atoms with Gasteiger partial charge in [-0.05, 0) is 25.0 Å². The number of anilines is 1. The van der Waals surface area contributed by atoms with Crippen LogP contribution in [0.3, 0.4) is 0 Å². The highest BCUT2D eigenvalue weighted by Crippen LogP contribution is 2.24. The second-order valence-corrected chi connectivity index (χ2v) is 6.17. The van der Waals surface area contributed by atoms with Gasteiger partial charge in [0.2, 0.25) is 0 Å². The van der Waals surface area contributed by atoms with Gasteiger partial charge in [0, 0.05) is 42.5 Å². The summed E-state index contributed by atoms with van der Waals surface area (Å²) >= 11 is 0. The quantitative estimate of drug-likeness (QED) is 0.591. The fourth-order valence-corrected chi connectivity index (χ4v) is 3.04. The van der Waals surface area contributed by atoms with Gasteiger partial charge in [-0.25, -0.2) is 4.98 Å². The van der Waals surface area contributed by atoms with E-state index in [9.17, 15) is 10.0 Å². The van der Waals surface area contributed by atoms with Gasteiger partial charge in [0.1, 0.15) is 5.82 Å². The van der Waals surface area contributed by atoms with Gasteiger partial charge in [-0.1, -0.05) is 12.1 Å². The van der Waals surface area contributed by atoms with Crippen LogP contribution in [0.5, 0.6) is 0 Å². The van der Waals surface area contributed by atoms with Crippen LogP contribution in [0, 0.1) is 5.21 Å². The van der Waals surface area contributed by atoms with Gasteiger partial charge in [-0.3, -0.25) is 4.79 Å². The highest BCUT2D eigenvalue weighted by atomic mass is 16.5. The number of aromatic nitrogens is 3. The number of nitrogens with one attached hydrogen (secondary N) is 1. The van der Waals surface area contributed by atoms with E-state index in [0.717, 1.165) is 30.0 Å². The van der Waals surface area contributed by atoms with Crippen LogP contribution in [0.1, 0.15) is 29.0 Å². The van der Waals surface area contributed by atoms with E-state index in [0.29, 0.717) is 16.0 Å². The minimum absolute atomic E-state index is 0.245. The number of fused-ring (bicyclic) bond motifs is 1. The van der Waals surface area contributed by atoms with Crippen molar-refractivity contribution in [2.24, 2.45) is 0 Å². The van der Waals surface area contributed by atoms with Gasteiger partial charge in [-0.15, -0.1) is 0 Å². The van der Waals surface area contributed by atoms with E-state index in [2.05, 4.69) is 16.1 Å². The van der Waals surface area contributed by atoms with Crippen LogP contribution in [0.25, 0.3) is 11.3 Å². The van der Waals surface area contributed by atoms with Crippen LogP contribution in [0.15, 0.2) is 55.0 Å². The molecular weight excluding hydrogens is 316 g/mol. The Balaban J connectivity index is 1.49. The second-order valence-electron chi connectivity index (χ2n) is 6.17. The van der Waals surface area contributed by atoms with Crippen molar-refractivity contribution in [1.82, 2.24) is 9.55 Å². The van der Waals surface area contributed by atoms with Crippen LogP contribution in [-0.2, 0) is 13.0 Å². The predicted molar refractivity (Wildman–Crippen MR) is 94.0 cm³/mol. The summed E-state index contributed by atoms with van der Waals surface area (Å²) in [6.45, 7) is 1.04. The van der Waals surface area contributed by atoms with Crippen molar-refractivity contribution in [3.05, 3.63) is 71.6 Å². The van der Waals surface area contributed by atoms with Crippen molar-refractivity contribution in [2.45, 2.75) is 25.8 Å². The third-order valence-electron chi connectivity index (χ3n) is 4.41. The summed E-state index contributed by atoms with van der Waals surface area (Å²) in [5, 5.41) is 13.9. The molecule has 1 N–H and O–H groups in total. The molecule has 0 spiro atoms. The first-order chi connectivity index (χ1) is 12.2. The molecule has 2 aromatic heterocycles. The Labute approximate surface area is 145 Å². The van der Waals surface area contributed by atoms with Gasteiger partial charge in [0.15, 0.2) is 12.4 Å². The molecule has 0 saturated heterocycles. The highest BCUT2D eigenvalue weighted by Gasteiger charge is 2.13. The van der Waals surface area contributed by atoms with Gasteiger partial charge >= 0.3 is 0 Å². The summed E-state index contributed by atoms with van der Waals surface area (Å²) in [6.07, 6.45) is 8.16. The molecule has 0 fully saturated rings. The largest absolute Gasteiger partial charge is 0.619 e. The predicted octanol–water partition coefficient (Wildman–Crippen LogP) is 2.77. The number of nitrogens with zero attached hydrogens (tertiary/aromatic N) is 3. The number of benzene rings is 1. The molecule has 0 atom stereocenters. The van der Waals surface area contributed by atoms with E-state index < -0.39 is 0 Å². The Morgan fingerprint density at radius 1 is 1.12 bits per heavy atom. The average Bonchev–Trinajstić information content (AvgIpc) is 3.07. The SMILES string of the molecule is O=C(Nc1ccc(-c2cn3c(n2)CCCC3)cc1)c1cc[n+]([O-])cc1. The maximum absolute atomic E-state index is 12.2. The summed E-state index contributed by atoms with van der Waals surface area (Å²) < 4.78 is 2.88. The van der Waals surface area contributed by atoms with Crippen molar-refractivity contribution >= 4 is 11.6 Å². The number of pyridine rings is 1. The fourth-order valence-electron chi connectivity index (χ4n) is 3.04. The van der Waals surface area contributed by atoms with E-state index in [-0.39, 0.29) is 5.91 Å². The van der Waals surface area contributed by atoms with Crippen molar-refractivity contribution in [3.8, 4) is 11.3 Å². The molecule has 0 bridgehead atoms. The molecule has 0 saturated carbocycles. The topological polar surface area (TPSA) is 73.9 Å². The summed E-state index contributed by atoms with van der Waals surface area (Å²) in [5.74, 6) is 0.907. The summed E-state index contributed by atoms with van der Waals surface area (Å²) in [7, 11) is 0. The Morgan fingerprint density at radius 2 is 1.88 bits per heavy atom. The van der Waals surface area contributed by atoms with E-state index in [1.54, 1.807) is 0 Å². The fraction of sp³-hybridized carbons (Fsp3) is 0.211. The highest BCUT2D eigenvalue weighted by molar-refractivity contribution is 6.04. The number of carbonyl (C=O) groups excluding carboxylic acids is 1. The lowest BCUT2D eigenvalue weighted by Crippen LogP contribution is -2.25. The van der Waals surface area contributed by atoms with Crippen molar-refractivity contribution in [3.63, 3.8) is 0 Å². The third-order valence-corrected chi connectivity index (χ3v) is 4.41. The molecule has 126 valence electrons. The maximum Gasteiger partial charge on any atom is 0.256 e. The van der Waals surface area contributed by atoms with Crippen molar-refractivity contribution < 1.29 is 9.52 Å². The normalized spacial score (nSPS) is 13.3. The van der Waals surface area contributed by atoms with Crippen molar-refractivity contribution in [2.75, 3.05) is 5.32 Å². The second kappa shape index (κ2) is 6.39. The number of hydrogen-bond acceptors (Lipinski definition) is 3. The molecule has 4 rings (SSSR count). The number of hydrogen-bond donors (Lipinski definition) is 1. The summed E-state index contributed by atoms with van der Waals surface area (Å²) in [5.41, 5.74) is 3.15. The Kier molecular flexibility index (Phi) is 3.93. The van der Waals surface area contributed by atoms with Crippen LogP contribution in [-0.4, -0.2) is 15.5 Å². The van der Waals surface area contributed by atoms with Gasteiger partial charge in [0.05, 0.1) is 11.3 Å². The molecule has 1 amide bonds. The first kappa shape index (κ1) is 15.4. The molecule has 1 aliphatic rings. The third kappa shape index (κ3) is 3.24. The van der Waals surface area contributed by atoms with Crippen LogP contribution >= 0.6 is 0 Å². The number of imidazole rings is 1. The zero-order valence-electron chi connectivity index (χ0n) is 13.7. The molecule has 1 aliphatic heterocycles. The standard InChI is InChI=1S/C19H18N4O2/c24-19(15-8-11-23(25)12-9-15)20-16-6-4-14(5-7-16)17-13-22-10-2-1-3-18(22)21-17/h4-9,11-13H,1-3,10H2,(H,20,24). The Bertz CT molecular complexity index is 875. The lowest BCUT2D eigenvalue weighted by atomic mass is 10.1. The average molecular weight is 334 g/mol. The minimum Gasteiger partial charge on any atom is -0.619 e. The minimum atomic E-state index is -0.245. The number of amides is 1. The number of rotatable bonds is 3. The molecule has 0 aliphatic carbocycles. The van der Waals surface area contributed by atoms with E-state index >= 15 is 0 Å². The Hall–Kier alpha value is -3.15. The van der Waals surface area contributed by atoms with Crippen LogP contribution in [0.2, 0.25) is 0 Å². The molecule has 3 heterocycles. The van der Waals surface area contributed by atoms with Gasteiger partial charge < -0.3 is 15.1 Å². The van der Waals surface area contributed by atoms with Crippen LogP contribution in [0.4, 0.5) is 5.69 Å². The van der Waals surface area contributed by atoms with Crippen molar-refractivity contribution in [1.29, 1.82) is 0 Å². The smallest absolute Gasteiger partial charge is 0.256 e. The zero-order valence-corrected chi connectivity index (χ0v) is 13.7. The van der Waals surface area contributed by atoms with E-state index in [1.807, 2.05) is 24.3 Å². The monoisotopic (exact) mass is 334 g/mol. The maximum atomic E-state index is 12.2. The van der Waals surface area contributed by atoms with Crippen LogP contribution < -0.4 is 10.0 Å². The van der Waals surface area contributed by atoms with E-state index in [1.165, 1.54) is 37.4 Å².